The van der Waals surface area contributed by atoms with E-state index in [0.717, 1.165) is 0 Å². The molecule has 0 spiro atoms. The molecule has 7 nitrogen and oxygen atoms in total. The minimum atomic E-state index is -4.70. The van der Waals surface area contributed by atoms with Crippen LogP contribution < -0.4 is 10.2 Å². The highest BCUT2D eigenvalue weighted by molar-refractivity contribution is 6.00. The Morgan fingerprint density at radius 2 is 1.90 bits per heavy atom. The average Bonchev–Trinajstić information content (AvgIpc) is 3.12. The van der Waals surface area contributed by atoms with Crippen molar-refractivity contribution in [1.29, 1.82) is 0 Å². The van der Waals surface area contributed by atoms with E-state index in [-0.39, 0.29) is 11.4 Å². The van der Waals surface area contributed by atoms with Gasteiger partial charge in [-0.2, -0.15) is 13.2 Å². The molecular weight excluding hydrogens is 387 g/mol. The molecule has 4 heterocycles. The monoisotopic (exact) mass is 405 g/mol. The van der Waals surface area contributed by atoms with Crippen molar-refractivity contribution < 1.29 is 22.7 Å². The number of hydrogen-bond acceptors (Lipinski definition) is 5. The third kappa shape index (κ3) is 3.88. The Hall–Kier alpha value is -3.14. The number of nitrogens with zero attached hydrogens (tertiary/aromatic N) is 4. The number of hydrogen-bond donors (Lipinski definition) is 1. The van der Waals surface area contributed by atoms with Gasteiger partial charge in [0.25, 0.3) is 5.91 Å². The molecule has 1 N–H and O–H groups in total. The highest BCUT2D eigenvalue weighted by atomic mass is 19.4. The van der Waals surface area contributed by atoms with E-state index in [2.05, 4.69) is 15.3 Å². The molecule has 29 heavy (non-hydrogen) atoms. The number of fused-ring (bicyclic) bond motifs is 1. The predicted molar refractivity (Wildman–Crippen MR) is 98.7 cm³/mol. The molecule has 1 fully saturated rings. The quantitative estimate of drug-likeness (QED) is 0.723. The lowest BCUT2D eigenvalue weighted by Gasteiger charge is -2.27. The predicted octanol–water partition coefficient (Wildman–Crippen LogP) is 2.60. The Morgan fingerprint density at radius 1 is 1.14 bits per heavy atom. The van der Waals surface area contributed by atoms with E-state index in [4.69, 9.17) is 4.74 Å². The van der Waals surface area contributed by atoms with Crippen molar-refractivity contribution in [1.82, 2.24) is 19.7 Å². The van der Waals surface area contributed by atoms with Gasteiger partial charge >= 0.3 is 6.18 Å². The first kappa shape index (κ1) is 19.2. The zero-order chi connectivity index (χ0) is 20.4. The molecule has 1 aliphatic heterocycles. The van der Waals surface area contributed by atoms with E-state index in [1.54, 1.807) is 28.8 Å². The van der Waals surface area contributed by atoms with Crippen LogP contribution in [0.4, 0.5) is 19.1 Å². The lowest BCUT2D eigenvalue weighted by molar-refractivity contribution is -0.156. The first-order valence-corrected chi connectivity index (χ1v) is 9.03. The number of carbonyl (C=O) groups excluding carboxylic acids is 1. The fourth-order valence-corrected chi connectivity index (χ4v) is 3.24. The molecule has 0 aliphatic carbocycles. The largest absolute Gasteiger partial charge is 0.414 e. The number of amides is 1. The number of carbonyl (C=O) groups is 1. The maximum absolute atomic E-state index is 13.6. The molecule has 3 aromatic heterocycles. The van der Waals surface area contributed by atoms with Crippen LogP contribution in [-0.4, -0.2) is 52.8 Å². The van der Waals surface area contributed by atoms with Gasteiger partial charge in [0.15, 0.2) is 11.7 Å². The molecule has 0 saturated carbocycles. The standard InChI is InChI=1S/C19H18F3N5O2/c20-19(21,22)16(13-5-1-3-7-23-13)25-17(28)15-14-6-2-4-8-27(14)18(24-15)26-9-11-29-12-10-26/h1-8,16H,9-12H2,(H,25,28). The molecule has 1 aliphatic rings. The van der Waals surface area contributed by atoms with Crippen molar-refractivity contribution in [3.05, 3.63) is 60.2 Å². The van der Waals surface area contributed by atoms with Crippen LogP contribution in [-0.2, 0) is 4.74 Å². The minimum Gasteiger partial charge on any atom is -0.378 e. The fraction of sp³-hybridized carbons (Fsp3) is 0.316. The summed E-state index contributed by atoms with van der Waals surface area (Å²) in [6, 6.07) is 7.07. The van der Waals surface area contributed by atoms with Gasteiger partial charge in [0, 0.05) is 25.5 Å². The summed E-state index contributed by atoms with van der Waals surface area (Å²) >= 11 is 0. The summed E-state index contributed by atoms with van der Waals surface area (Å²) in [4.78, 5) is 22.9. The summed E-state index contributed by atoms with van der Waals surface area (Å²) in [6.45, 7) is 2.18. The van der Waals surface area contributed by atoms with Gasteiger partial charge in [0.1, 0.15) is 0 Å². The van der Waals surface area contributed by atoms with Gasteiger partial charge in [0.2, 0.25) is 5.95 Å². The van der Waals surface area contributed by atoms with Crippen LogP contribution in [0.5, 0.6) is 0 Å². The zero-order valence-electron chi connectivity index (χ0n) is 15.3. The molecule has 152 valence electrons. The third-order valence-corrected chi connectivity index (χ3v) is 4.63. The minimum absolute atomic E-state index is 0.0720. The second-order valence-corrected chi connectivity index (χ2v) is 6.52. The Kier molecular flexibility index (Phi) is 5.10. The first-order chi connectivity index (χ1) is 13.9. The SMILES string of the molecule is O=C(NC(c1ccccn1)C(F)(F)F)c1nc(N2CCOCC2)n2ccccc12. The van der Waals surface area contributed by atoms with E-state index in [1.165, 1.54) is 24.4 Å². The van der Waals surface area contributed by atoms with E-state index in [1.807, 2.05) is 4.90 Å². The molecule has 0 aromatic carbocycles. The van der Waals surface area contributed by atoms with Crippen LogP contribution in [0, 0.1) is 0 Å². The number of morpholine rings is 1. The summed E-state index contributed by atoms with van der Waals surface area (Å²) in [7, 11) is 0. The summed E-state index contributed by atoms with van der Waals surface area (Å²) < 4.78 is 47.8. The van der Waals surface area contributed by atoms with E-state index >= 15 is 0 Å². The van der Waals surface area contributed by atoms with Crippen molar-refractivity contribution >= 4 is 17.4 Å². The summed E-state index contributed by atoms with van der Waals surface area (Å²) in [5.74, 6) is -0.420. The van der Waals surface area contributed by atoms with Crippen molar-refractivity contribution in [3.63, 3.8) is 0 Å². The molecule has 0 bridgehead atoms. The number of alkyl halides is 3. The molecule has 0 radical (unpaired) electrons. The molecule has 3 aromatic rings. The number of anilines is 1. The highest BCUT2D eigenvalue weighted by Crippen LogP contribution is 2.32. The van der Waals surface area contributed by atoms with Gasteiger partial charge in [0.05, 0.1) is 24.4 Å². The first-order valence-electron chi connectivity index (χ1n) is 9.03. The number of nitrogens with one attached hydrogen (secondary N) is 1. The van der Waals surface area contributed by atoms with Gasteiger partial charge < -0.3 is 15.0 Å². The van der Waals surface area contributed by atoms with E-state index < -0.39 is 18.1 Å². The Labute approximate surface area is 164 Å². The van der Waals surface area contributed by atoms with Crippen LogP contribution in [0.15, 0.2) is 48.8 Å². The molecule has 1 amide bonds. The molecule has 10 heteroatoms. The summed E-state index contributed by atoms with van der Waals surface area (Å²) in [5.41, 5.74) is 0.0657. The van der Waals surface area contributed by atoms with Crippen molar-refractivity contribution in [2.45, 2.75) is 12.2 Å². The van der Waals surface area contributed by atoms with Gasteiger partial charge in [-0.05, 0) is 24.3 Å². The number of ether oxygens (including phenoxy) is 1. The van der Waals surface area contributed by atoms with Crippen molar-refractivity contribution in [2.75, 3.05) is 31.2 Å². The Balaban J connectivity index is 1.69. The fourth-order valence-electron chi connectivity index (χ4n) is 3.24. The molecule has 1 unspecified atom stereocenters. The maximum atomic E-state index is 13.6. The smallest absolute Gasteiger partial charge is 0.378 e. The molecule has 1 atom stereocenters. The number of rotatable bonds is 4. The summed E-state index contributed by atoms with van der Waals surface area (Å²) in [6.07, 6.45) is -1.72. The zero-order valence-corrected chi connectivity index (χ0v) is 15.3. The van der Waals surface area contributed by atoms with Crippen LogP contribution in [0.2, 0.25) is 0 Å². The van der Waals surface area contributed by atoms with Crippen LogP contribution in [0.3, 0.4) is 0 Å². The second-order valence-electron chi connectivity index (χ2n) is 6.52. The maximum Gasteiger partial charge on any atom is 0.414 e. The van der Waals surface area contributed by atoms with Crippen molar-refractivity contribution in [2.24, 2.45) is 0 Å². The van der Waals surface area contributed by atoms with Crippen LogP contribution >= 0.6 is 0 Å². The average molecular weight is 405 g/mol. The number of halogens is 3. The molecule has 4 rings (SSSR count). The second kappa shape index (κ2) is 7.70. The molecule has 1 saturated heterocycles. The number of pyridine rings is 2. The molecular formula is C19H18F3N5O2. The number of aromatic nitrogens is 3. The van der Waals surface area contributed by atoms with Gasteiger partial charge in [-0.15, -0.1) is 0 Å². The Morgan fingerprint density at radius 3 is 2.59 bits per heavy atom. The van der Waals surface area contributed by atoms with Crippen LogP contribution in [0.1, 0.15) is 22.2 Å². The van der Waals surface area contributed by atoms with Crippen molar-refractivity contribution in [3.8, 4) is 0 Å². The third-order valence-electron chi connectivity index (χ3n) is 4.63. The lowest BCUT2D eigenvalue weighted by Crippen LogP contribution is -2.39. The van der Waals surface area contributed by atoms with Gasteiger partial charge in [-0.25, -0.2) is 4.98 Å². The normalized spacial score (nSPS) is 16.0. The van der Waals surface area contributed by atoms with Gasteiger partial charge in [-0.3, -0.25) is 14.2 Å². The van der Waals surface area contributed by atoms with E-state index in [9.17, 15) is 18.0 Å². The van der Waals surface area contributed by atoms with Gasteiger partial charge in [-0.1, -0.05) is 12.1 Å². The summed E-state index contributed by atoms with van der Waals surface area (Å²) in [5, 5.41) is 2.05. The topological polar surface area (TPSA) is 71.8 Å². The van der Waals surface area contributed by atoms with Crippen LogP contribution in [0.25, 0.3) is 5.52 Å². The Bertz CT molecular complexity index is 1000. The number of imidazole rings is 1. The van der Waals surface area contributed by atoms with E-state index in [0.29, 0.717) is 37.8 Å². The highest BCUT2D eigenvalue weighted by Gasteiger charge is 2.43. The lowest BCUT2D eigenvalue weighted by atomic mass is 10.1.